The molecule has 0 bridgehead atoms. The van der Waals surface area contributed by atoms with Crippen LogP contribution in [0.5, 0.6) is 0 Å². The van der Waals surface area contributed by atoms with Gasteiger partial charge in [0.25, 0.3) is 0 Å². The lowest BCUT2D eigenvalue weighted by molar-refractivity contribution is -0.143. The molecule has 2 aliphatic rings. The lowest BCUT2D eigenvalue weighted by Crippen LogP contribution is -2.45. The van der Waals surface area contributed by atoms with Crippen molar-refractivity contribution >= 4 is 11.8 Å². The van der Waals surface area contributed by atoms with E-state index in [1.54, 1.807) is 7.11 Å². The molecular weight excluding hydrogens is 272 g/mol. The van der Waals surface area contributed by atoms with E-state index in [0.29, 0.717) is 13.0 Å². The molecule has 6 nitrogen and oxygen atoms in total. The maximum atomic E-state index is 12.3. The van der Waals surface area contributed by atoms with Crippen LogP contribution in [0.15, 0.2) is 0 Å². The lowest BCUT2D eigenvalue weighted by atomic mass is 9.89. The van der Waals surface area contributed by atoms with Gasteiger partial charge in [-0.05, 0) is 31.6 Å². The summed E-state index contributed by atoms with van der Waals surface area (Å²) < 4.78 is 11.0. The number of amides is 2. The van der Waals surface area contributed by atoms with Crippen molar-refractivity contribution in [3.63, 3.8) is 0 Å². The fourth-order valence-electron chi connectivity index (χ4n) is 3.18. The molecule has 21 heavy (non-hydrogen) atoms. The van der Waals surface area contributed by atoms with Crippen LogP contribution in [-0.2, 0) is 19.1 Å². The third kappa shape index (κ3) is 4.17. The summed E-state index contributed by atoms with van der Waals surface area (Å²) in [6.07, 6.45) is 4.83. The Hall–Kier alpha value is -1.14. The summed E-state index contributed by atoms with van der Waals surface area (Å²) in [4.78, 5) is 25.2. The number of hydrogen-bond acceptors (Lipinski definition) is 4. The van der Waals surface area contributed by atoms with E-state index in [2.05, 4.69) is 6.92 Å². The largest absolute Gasteiger partial charge is 0.380 e. The number of carbonyl (C=O) groups excluding carboxylic acids is 2. The van der Waals surface area contributed by atoms with Crippen molar-refractivity contribution in [2.45, 2.75) is 57.3 Å². The Kier molecular flexibility index (Phi) is 5.58. The lowest BCUT2D eigenvalue weighted by Gasteiger charge is -2.27. The first-order valence-corrected chi connectivity index (χ1v) is 7.74. The van der Waals surface area contributed by atoms with Gasteiger partial charge in [0.1, 0.15) is 12.6 Å². The normalized spacial score (nSPS) is 33.1. The number of hydrogen-bond donors (Lipinski definition) is 1. The Balaban J connectivity index is 1.83. The Morgan fingerprint density at radius 2 is 1.86 bits per heavy atom. The van der Waals surface area contributed by atoms with Crippen molar-refractivity contribution in [1.82, 2.24) is 4.90 Å². The summed E-state index contributed by atoms with van der Waals surface area (Å²) in [7, 11) is 1.58. The molecule has 2 atom stereocenters. The number of nitrogens with two attached hydrogens (primary N) is 1. The molecule has 6 heteroatoms. The smallest absolute Gasteiger partial charge is 0.249 e. The van der Waals surface area contributed by atoms with Crippen molar-refractivity contribution in [1.29, 1.82) is 0 Å². The van der Waals surface area contributed by atoms with E-state index in [4.69, 9.17) is 15.2 Å². The van der Waals surface area contributed by atoms with Crippen molar-refractivity contribution in [3.05, 3.63) is 0 Å². The maximum Gasteiger partial charge on any atom is 0.249 e. The van der Waals surface area contributed by atoms with Gasteiger partial charge in [-0.15, -0.1) is 0 Å². The number of primary amides is 1. The highest BCUT2D eigenvalue weighted by Crippen LogP contribution is 2.26. The van der Waals surface area contributed by atoms with Crippen LogP contribution < -0.4 is 5.73 Å². The summed E-state index contributed by atoms with van der Waals surface area (Å²) in [6.45, 7) is 2.68. The van der Waals surface area contributed by atoms with Gasteiger partial charge in [-0.2, -0.15) is 0 Å². The second kappa shape index (κ2) is 7.22. The molecule has 0 aromatic heterocycles. The molecule has 1 aliphatic heterocycles. The quantitative estimate of drug-likeness (QED) is 0.809. The Labute approximate surface area is 125 Å². The Morgan fingerprint density at radius 1 is 1.19 bits per heavy atom. The molecule has 0 aromatic rings. The highest BCUT2D eigenvalue weighted by Gasteiger charge is 2.38. The van der Waals surface area contributed by atoms with E-state index in [1.165, 1.54) is 4.90 Å². The minimum absolute atomic E-state index is 0.0270. The van der Waals surface area contributed by atoms with Gasteiger partial charge in [-0.3, -0.25) is 9.59 Å². The molecule has 0 aromatic carbocycles. The van der Waals surface area contributed by atoms with Crippen molar-refractivity contribution in [2.24, 2.45) is 11.7 Å². The van der Waals surface area contributed by atoms with Gasteiger partial charge in [0, 0.05) is 20.1 Å². The van der Waals surface area contributed by atoms with Crippen LogP contribution in [-0.4, -0.2) is 55.2 Å². The number of likely N-dealkylation sites (tertiary alicyclic amines) is 1. The molecule has 2 N–H and O–H groups in total. The minimum Gasteiger partial charge on any atom is -0.380 e. The van der Waals surface area contributed by atoms with Crippen molar-refractivity contribution in [2.75, 3.05) is 20.3 Å². The Morgan fingerprint density at radius 3 is 2.43 bits per heavy atom. The molecule has 2 fully saturated rings. The molecule has 0 spiro atoms. The average molecular weight is 298 g/mol. The second-order valence-electron chi connectivity index (χ2n) is 6.25. The molecule has 120 valence electrons. The van der Waals surface area contributed by atoms with E-state index in [1.807, 2.05) is 0 Å². The molecule has 1 aliphatic carbocycles. The van der Waals surface area contributed by atoms with Crippen LogP contribution in [0.1, 0.15) is 39.0 Å². The molecule has 0 unspecified atom stereocenters. The highest BCUT2D eigenvalue weighted by molar-refractivity contribution is 5.87. The number of nitrogens with zero attached hydrogens (tertiary/aromatic N) is 1. The molecule has 1 saturated heterocycles. The van der Waals surface area contributed by atoms with Gasteiger partial charge in [-0.1, -0.05) is 6.92 Å². The molecule has 0 radical (unpaired) electrons. The first-order valence-electron chi connectivity index (χ1n) is 7.74. The van der Waals surface area contributed by atoms with Crippen LogP contribution in [0.2, 0.25) is 0 Å². The predicted octanol–water partition coefficient (Wildman–Crippen LogP) is 0.683. The molecule has 2 rings (SSSR count). The van der Waals surface area contributed by atoms with Gasteiger partial charge in [0.15, 0.2) is 0 Å². The fraction of sp³-hybridized carbons (Fsp3) is 0.867. The second-order valence-corrected chi connectivity index (χ2v) is 6.25. The van der Waals surface area contributed by atoms with Crippen LogP contribution >= 0.6 is 0 Å². The average Bonchev–Trinajstić information content (AvgIpc) is 2.91. The van der Waals surface area contributed by atoms with E-state index >= 15 is 0 Å². The third-order valence-corrected chi connectivity index (χ3v) is 4.65. The molecular formula is C15H26N2O4. The molecule has 1 heterocycles. The summed E-state index contributed by atoms with van der Waals surface area (Å²) in [5, 5.41) is 0. The van der Waals surface area contributed by atoms with Crippen LogP contribution in [0.4, 0.5) is 0 Å². The van der Waals surface area contributed by atoms with E-state index in [0.717, 1.165) is 31.6 Å². The SMILES string of the molecule is CO[C@H]1C[C@@H](C(N)=O)N(C(=O)COC2CCC(C)CC2)C1. The molecule has 2 amide bonds. The Bertz CT molecular complexity index is 380. The minimum atomic E-state index is -0.572. The van der Waals surface area contributed by atoms with Gasteiger partial charge in [0.2, 0.25) is 11.8 Å². The topological polar surface area (TPSA) is 81.9 Å². The van der Waals surface area contributed by atoms with E-state index in [-0.39, 0.29) is 24.7 Å². The number of methoxy groups -OCH3 is 1. The third-order valence-electron chi connectivity index (χ3n) is 4.65. The fourth-order valence-corrected chi connectivity index (χ4v) is 3.18. The highest BCUT2D eigenvalue weighted by atomic mass is 16.5. The van der Waals surface area contributed by atoms with Gasteiger partial charge in [-0.25, -0.2) is 0 Å². The van der Waals surface area contributed by atoms with Crippen LogP contribution in [0.3, 0.4) is 0 Å². The summed E-state index contributed by atoms with van der Waals surface area (Å²) >= 11 is 0. The van der Waals surface area contributed by atoms with Gasteiger partial charge >= 0.3 is 0 Å². The van der Waals surface area contributed by atoms with E-state index in [9.17, 15) is 9.59 Å². The number of carbonyl (C=O) groups is 2. The van der Waals surface area contributed by atoms with Crippen LogP contribution in [0.25, 0.3) is 0 Å². The first-order chi connectivity index (χ1) is 10.0. The van der Waals surface area contributed by atoms with Gasteiger partial charge < -0.3 is 20.1 Å². The zero-order valence-corrected chi connectivity index (χ0v) is 12.9. The summed E-state index contributed by atoms with van der Waals surface area (Å²) in [5.41, 5.74) is 5.37. The maximum absolute atomic E-state index is 12.3. The number of ether oxygens (including phenoxy) is 2. The standard InChI is InChI=1S/C15H26N2O4/c1-10-3-5-11(6-4-10)21-9-14(18)17-8-12(20-2)7-13(17)15(16)19/h10-13H,3-9H2,1-2H3,(H2,16,19)/t10?,11?,12-,13-/m0/s1. The van der Waals surface area contributed by atoms with Crippen LogP contribution in [0, 0.1) is 5.92 Å². The number of rotatable bonds is 5. The van der Waals surface area contributed by atoms with Crippen molar-refractivity contribution < 1.29 is 19.1 Å². The van der Waals surface area contributed by atoms with Gasteiger partial charge in [0.05, 0.1) is 12.2 Å². The predicted molar refractivity (Wildman–Crippen MR) is 77.5 cm³/mol. The summed E-state index contributed by atoms with van der Waals surface area (Å²) in [5.74, 6) is 0.104. The zero-order chi connectivity index (χ0) is 15.4. The first kappa shape index (κ1) is 16.2. The van der Waals surface area contributed by atoms with E-state index < -0.39 is 11.9 Å². The monoisotopic (exact) mass is 298 g/mol. The summed E-state index contributed by atoms with van der Waals surface area (Å²) in [6, 6.07) is -0.572. The van der Waals surface area contributed by atoms with Crippen molar-refractivity contribution in [3.8, 4) is 0 Å². The zero-order valence-electron chi connectivity index (χ0n) is 12.9. The molecule has 1 saturated carbocycles.